The number of amides is 1. The van der Waals surface area contributed by atoms with E-state index in [0.717, 1.165) is 56.0 Å². The second-order valence-electron chi connectivity index (χ2n) is 7.10. The van der Waals surface area contributed by atoms with Crippen LogP contribution in [-0.4, -0.2) is 63.4 Å². The number of nitrogens with zero attached hydrogens (tertiary/aromatic N) is 5. The minimum atomic E-state index is 0.248. The minimum Gasteiger partial charge on any atom is -0.341 e. The lowest BCUT2D eigenvalue weighted by Crippen LogP contribution is -2.43. The third kappa shape index (κ3) is 3.75. The fraction of sp³-hybridized carbons (Fsp3) is 0.500. The summed E-state index contributed by atoms with van der Waals surface area (Å²) in [5.74, 6) is 0.248. The number of aromatic nitrogens is 3. The highest BCUT2D eigenvalue weighted by Gasteiger charge is 2.23. The van der Waals surface area contributed by atoms with E-state index in [-0.39, 0.29) is 5.91 Å². The lowest BCUT2D eigenvalue weighted by atomic mass is 10.0. The van der Waals surface area contributed by atoms with E-state index in [9.17, 15) is 4.79 Å². The zero-order valence-electron chi connectivity index (χ0n) is 15.1. The number of hydrogen-bond acceptors (Lipinski definition) is 5. The van der Waals surface area contributed by atoms with Gasteiger partial charge in [0, 0.05) is 48.7 Å². The molecule has 0 bridgehead atoms. The zero-order chi connectivity index (χ0) is 17.8. The van der Waals surface area contributed by atoms with Gasteiger partial charge < -0.3 is 4.90 Å². The fourth-order valence-corrected chi connectivity index (χ4v) is 3.94. The second kappa shape index (κ2) is 7.91. The Kier molecular flexibility index (Phi) is 5.20. The molecule has 0 radical (unpaired) electrons. The maximum Gasteiger partial charge on any atom is 0.236 e. The lowest BCUT2D eigenvalue weighted by molar-refractivity contribution is -0.132. The number of rotatable bonds is 3. The van der Waals surface area contributed by atoms with Crippen molar-refractivity contribution in [1.82, 2.24) is 24.8 Å². The van der Waals surface area contributed by atoms with E-state index in [1.807, 2.05) is 17.0 Å². The summed E-state index contributed by atoms with van der Waals surface area (Å²) < 4.78 is 0. The van der Waals surface area contributed by atoms with Crippen LogP contribution in [0.5, 0.6) is 0 Å². The van der Waals surface area contributed by atoms with Gasteiger partial charge in [0.15, 0.2) is 0 Å². The molecule has 0 spiro atoms. The van der Waals surface area contributed by atoms with Crippen LogP contribution in [0, 0.1) is 0 Å². The molecule has 136 valence electrons. The van der Waals surface area contributed by atoms with E-state index in [2.05, 4.69) is 19.9 Å². The number of carbonyl (C=O) groups is 1. The summed E-state index contributed by atoms with van der Waals surface area (Å²) in [6, 6.07) is 3.96. The molecule has 2 aromatic heterocycles. The second-order valence-corrected chi connectivity index (χ2v) is 7.10. The third-order valence-electron chi connectivity index (χ3n) is 5.40. The van der Waals surface area contributed by atoms with Crippen molar-refractivity contribution >= 4 is 5.91 Å². The van der Waals surface area contributed by atoms with Crippen LogP contribution < -0.4 is 0 Å². The van der Waals surface area contributed by atoms with Crippen LogP contribution in [0.25, 0.3) is 11.3 Å². The quantitative estimate of drug-likeness (QED) is 0.846. The van der Waals surface area contributed by atoms with Crippen molar-refractivity contribution in [3.8, 4) is 11.3 Å². The van der Waals surface area contributed by atoms with E-state index in [1.54, 1.807) is 18.7 Å². The van der Waals surface area contributed by atoms with Gasteiger partial charge in [-0.3, -0.25) is 14.7 Å². The summed E-state index contributed by atoms with van der Waals surface area (Å²) in [5.41, 5.74) is 4.28. The van der Waals surface area contributed by atoms with Crippen LogP contribution in [0.1, 0.15) is 30.5 Å². The van der Waals surface area contributed by atoms with E-state index >= 15 is 0 Å². The first-order valence-electron chi connectivity index (χ1n) is 9.54. The van der Waals surface area contributed by atoms with Crippen molar-refractivity contribution in [3.63, 3.8) is 0 Å². The molecule has 0 aromatic carbocycles. The Hall–Kier alpha value is -2.34. The number of hydrogen-bond donors (Lipinski definition) is 0. The van der Waals surface area contributed by atoms with Gasteiger partial charge in [0.1, 0.15) is 6.33 Å². The first-order chi connectivity index (χ1) is 12.8. The van der Waals surface area contributed by atoms with Gasteiger partial charge in [-0.25, -0.2) is 9.97 Å². The maximum absolute atomic E-state index is 12.8. The van der Waals surface area contributed by atoms with Crippen LogP contribution >= 0.6 is 0 Å². The van der Waals surface area contributed by atoms with Crippen LogP contribution in [-0.2, 0) is 17.6 Å². The largest absolute Gasteiger partial charge is 0.341 e. The summed E-state index contributed by atoms with van der Waals surface area (Å²) in [6.07, 6.45) is 10.5. The van der Waals surface area contributed by atoms with Gasteiger partial charge in [0.25, 0.3) is 0 Å². The summed E-state index contributed by atoms with van der Waals surface area (Å²) in [7, 11) is 0. The van der Waals surface area contributed by atoms with Gasteiger partial charge in [-0.1, -0.05) is 6.42 Å². The number of likely N-dealkylation sites (tertiary alicyclic amines) is 1. The standard InChI is InChI=1S/C20H25N5O/c26-19(14-24-10-2-1-3-11-24)25-12-6-17-18(7-13-25)22-15-23-20(17)16-4-8-21-9-5-16/h4-5,8-9,15H,1-3,6-7,10-14H2. The van der Waals surface area contributed by atoms with Crippen molar-refractivity contribution in [2.45, 2.75) is 32.1 Å². The number of fused-ring (bicyclic) bond motifs is 1. The van der Waals surface area contributed by atoms with Crippen LogP contribution in [0.3, 0.4) is 0 Å². The highest BCUT2D eigenvalue weighted by Crippen LogP contribution is 2.25. The highest BCUT2D eigenvalue weighted by molar-refractivity contribution is 5.78. The van der Waals surface area contributed by atoms with Gasteiger partial charge in [0.2, 0.25) is 5.91 Å². The highest BCUT2D eigenvalue weighted by atomic mass is 16.2. The maximum atomic E-state index is 12.8. The Morgan fingerprint density at radius 2 is 1.73 bits per heavy atom. The molecule has 6 heteroatoms. The molecule has 0 unspecified atom stereocenters. The van der Waals surface area contributed by atoms with Gasteiger partial charge in [-0.15, -0.1) is 0 Å². The molecule has 26 heavy (non-hydrogen) atoms. The molecule has 0 aliphatic carbocycles. The molecule has 4 rings (SSSR count). The van der Waals surface area contributed by atoms with Gasteiger partial charge in [-0.2, -0.15) is 0 Å². The Bertz CT molecular complexity index is 758. The molecule has 0 atom stereocenters. The van der Waals surface area contributed by atoms with Gasteiger partial charge in [0.05, 0.1) is 12.2 Å². The fourth-order valence-electron chi connectivity index (χ4n) is 3.94. The number of carbonyl (C=O) groups excluding carboxylic acids is 1. The van der Waals surface area contributed by atoms with Crippen molar-refractivity contribution in [3.05, 3.63) is 42.1 Å². The summed E-state index contributed by atoms with van der Waals surface area (Å²) in [5, 5.41) is 0. The SMILES string of the molecule is O=C(CN1CCCCC1)N1CCc2ncnc(-c3ccncc3)c2CC1. The monoisotopic (exact) mass is 351 g/mol. The molecule has 2 aliphatic rings. The third-order valence-corrected chi connectivity index (χ3v) is 5.40. The molecule has 2 aliphatic heterocycles. The summed E-state index contributed by atoms with van der Waals surface area (Å²) in [4.78, 5) is 30.2. The molecule has 0 N–H and O–H groups in total. The average molecular weight is 351 g/mol. The van der Waals surface area contributed by atoms with E-state index in [4.69, 9.17) is 0 Å². The molecular weight excluding hydrogens is 326 g/mol. The Labute approximate surface area is 154 Å². The number of piperidine rings is 1. The van der Waals surface area contributed by atoms with Crippen molar-refractivity contribution in [2.75, 3.05) is 32.7 Å². The van der Waals surface area contributed by atoms with Crippen molar-refractivity contribution in [2.24, 2.45) is 0 Å². The Morgan fingerprint density at radius 1 is 0.962 bits per heavy atom. The Morgan fingerprint density at radius 3 is 2.54 bits per heavy atom. The average Bonchev–Trinajstić information content (AvgIpc) is 2.92. The van der Waals surface area contributed by atoms with Crippen LogP contribution in [0.15, 0.2) is 30.9 Å². The molecule has 6 nitrogen and oxygen atoms in total. The lowest BCUT2D eigenvalue weighted by Gasteiger charge is -2.29. The van der Waals surface area contributed by atoms with Gasteiger partial charge in [-0.05, 0) is 44.5 Å². The normalized spacial score (nSPS) is 18.2. The molecule has 1 fully saturated rings. The molecule has 1 amide bonds. The van der Waals surface area contributed by atoms with Crippen LogP contribution in [0.2, 0.25) is 0 Å². The first-order valence-corrected chi connectivity index (χ1v) is 9.54. The molecule has 1 saturated heterocycles. The van der Waals surface area contributed by atoms with Gasteiger partial charge >= 0.3 is 0 Å². The molecule has 2 aromatic rings. The van der Waals surface area contributed by atoms with E-state index in [0.29, 0.717) is 6.54 Å². The Balaban J connectivity index is 1.48. The number of pyridine rings is 1. The first kappa shape index (κ1) is 17.1. The predicted octanol–water partition coefficient (Wildman–Crippen LogP) is 1.95. The van der Waals surface area contributed by atoms with Crippen LogP contribution in [0.4, 0.5) is 0 Å². The van der Waals surface area contributed by atoms with E-state index in [1.165, 1.54) is 24.8 Å². The topological polar surface area (TPSA) is 62.2 Å². The zero-order valence-corrected chi connectivity index (χ0v) is 15.1. The molecular formula is C20H25N5O. The summed E-state index contributed by atoms with van der Waals surface area (Å²) in [6.45, 7) is 4.14. The summed E-state index contributed by atoms with van der Waals surface area (Å²) >= 11 is 0. The van der Waals surface area contributed by atoms with E-state index < -0.39 is 0 Å². The minimum absolute atomic E-state index is 0.248. The smallest absolute Gasteiger partial charge is 0.236 e. The molecule has 4 heterocycles. The van der Waals surface area contributed by atoms with Crippen molar-refractivity contribution < 1.29 is 4.79 Å². The molecule has 0 saturated carbocycles. The van der Waals surface area contributed by atoms with Crippen molar-refractivity contribution in [1.29, 1.82) is 0 Å². The predicted molar refractivity (Wildman–Crippen MR) is 99.5 cm³/mol.